The van der Waals surface area contributed by atoms with E-state index in [4.69, 9.17) is 14.2 Å². The second-order valence-corrected chi connectivity index (χ2v) is 11.7. The summed E-state index contributed by atoms with van der Waals surface area (Å²) in [4.78, 5) is 41.7. The summed E-state index contributed by atoms with van der Waals surface area (Å²) in [5.74, 6) is 2.38. The Hall–Kier alpha value is -4.61. The minimum atomic E-state index is -0.286. The van der Waals surface area contributed by atoms with E-state index >= 15 is 0 Å². The number of nitrogens with one attached hydrogen (secondary N) is 2. The zero-order valence-corrected chi connectivity index (χ0v) is 25.9. The molecule has 3 aromatic rings. The molecule has 238 valence electrons. The number of hydrogen-bond acceptors (Lipinski definition) is 8. The highest BCUT2D eigenvalue weighted by atomic mass is 16.5. The van der Waals surface area contributed by atoms with Gasteiger partial charge in [0, 0.05) is 63.0 Å². The highest BCUT2D eigenvalue weighted by Gasteiger charge is 2.28. The van der Waals surface area contributed by atoms with Crippen LogP contribution in [0.25, 0.3) is 11.1 Å². The fourth-order valence-electron chi connectivity index (χ4n) is 6.37. The predicted octanol–water partition coefficient (Wildman–Crippen LogP) is 3.22. The molecule has 1 atom stereocenters. The van der Waals surface area contributed by atoms with E-state index < -0.39 is 0 Å². The first-order valence-corrected chi connectivity index (χ1v) is 15.7. The van der Waals surface area contributed by atoms with Gasteiger partial charge in [-0.15, -0.1) is 10.2 Å². The minimum absolute atomic E-state index is 0.0974. The van der Waals surface area contributed by atoms with Gasteiger partial charge < -0.3 is 34.3 Å². The number of hydrogen-bond donors (Lipinski definition) is 2. The number of ether oxygens (including phenoxy) is 3. The van der Waals surface area contributed by atoms with Crippen molar-refractivity contribution >= 4 is 17.7 Å². The smallest absolute Gasteiger partial charge is 0.291 e. The van der Waals surface area contributed by atoms with Crippen LogP contribution in [0.15, 0.2) is 30.3 Å². The first-order valence-electron chi connectivity index (χ1n) is 15.7. The van der Waals surface area contributed by atoms with Crippen LogP contribution in [0.5, 0.6) is 17.2 Å². The molecule has 2 aromatic carbocycles. The van der Waals surface area contributed by atoms with Crippen LogP contribution in [0.2, 0.25) is 0 Å². The number of rotatable bonds is 3. The van der Waals surface area contributed by atoms with E-state index in [0.29, 0.717) is 43.2 Å². The van der Waals surface area contributed by atoms with Crippen molar-refractivity contribution in [3.8, 4) is 28.4 Å². The summed E-state index contributed by atoms with van der Waals surface area (Å²) in [6.07, 6.45) is 5.29. The average Bonchev–Trinajstić information content (AvgIpc) is 3.31. The molecule has 3 aliphatic rings. The Morgan fingerprint density at radius 1 is 0.933 bits per heavy atom. The quantitative estimate of drug-likeness (QED) is 0.458. The predicted molar refractivity (Wildman–Crippen MR) is 165 cm³/mol. The third kappa shape index (κ3) is 6.59. The zero-order chi connectivity index (χ0) is 31.3. The summed E-state index contributed by atoms with van der Waals surface area (Å²) in [6.45, 7) is 1.84. The third-order valence-electron chi connectivity index (χ3n) is 8.78. The fraction of sp³-hybridized carbons (Fsp3) is 0.485. The molecule has 45 heavy (non-hydrogen) atoms. The number of aryl methyl sites for hydroxylation is 2. The second kappa shape index (κ2) is 13.6. The number of amides is 3. The molecule has 4 bridgehead atoms. The molecule has 12 heteroatoms. The molecule has 0 saturated carbocycles. The lowest BCUT2D eigenvalue weighted by Gasteiger charge is -2.28. The van der Waals surface area contributed by atoms with Crippen molar-refractivity contribution in [3.63, 3.8) is 0 Å². The Bertz CT molecular complexity index is 1590. The molecular weight excluding hydrogens is 576 g/mol. The van der Waals surface area contributed by atoms with Gasteiger partial charge in [-0.2, -0.15) is 0 Å². The summed E-state index contributed by atoms with van der Waals surface area (Å²) >= 11 is 0. The average molecular weight is 617 g/mol. The van der Waals surface area contributed by atoms with Crippen molar-refractivity contribution in [2.75, 3.05) is 40.5 Å². The van der Waals surface area contributed by atoms with Crippen molar-refractivity contribution in [1.82, 2.24) is 30.3 Å². The number of methoxy groups -OCH3 is 2. The van der Waals surface area contributed by atoms with Crippen molar-refractivity contribution in [2.24, 2.45) is 0 Å². The van der Waals surface area contributed by atoms with Gasteiger partial charge in [-0.05, 0) is 54.7 Å². The number of fused-ring (bicyclic) bond motifs is 5. The van der Waals surface area contributed by atoms with Gasteiger partial charge in [0.05, 0.1) is 26.9 Å². The zero-order valence-electron chi connectivity index (χ0n) is 25.9. The van der Waals surface area contributed by atoms with Crippen LogP contribution < -0.4 is 24.8 Å². The lowest BCUT2D eigenvalue weighted by molar-refractivity contribution is -0.123. The van der Waals surface area contributed by atoms with Crippen LogP contribution in [0.4, 0.5) is 0 Å². The van der Waals surface area contributed by atoms with Gasteiger partial charge in [0.1, 0.15) is 11.6 Å². The molecule has 2 N–H and O–H groups in total. The van der Waals surface area contributed by atoms with E-state index in [9.17, 15) is 14.4 Å². The SMILES string of the molecule is COc1cc2cc(c1OC)-c1ccc3c(c1)C(CCO3)NC(=O)CCN(C(=O)c1nnc3n1CCCCC3)CCNC(=O)CC2. The summed E-state index contributed by atoms with van der Waals surface area (Å²) in [5.41, 5.74) is 3.50. The summed E-state index contributed by atoms with van der Waals surface area (Å²) in [6, 6.07) is 9.54. The Morgan fingerprint density at radius 3 is 2.67 bits per heavy atom. The van der Waals surface area contributed by atoms with Gasteiger partial charge in [-0.1, -0.05) is 12.5 Å². The molecule has 3 amide bonds. The monoisotopic (exact) mass is 616 g/mol. The first-order chi connectivity index (χ1) is 21.9. The van der Waals surface area contributed by atoms with E-state index in [1.807, 2.05) is 34.9 Å². The standard InChI is InChI=1S/C33H40N6O6/c1-43-27-19-21-7-10-29(40)34-13-16-38(33(42)32-37-36-28-6-4-3-5-14-39(28)32)15-11-30(41)35-25-12-17-45-26-9-8-22(20-24(25)26)23(18-21)31(27)44-2/h8-9,18-20,25H,3-7,10-17H2,1-2H3,(H,34,40)(H,35,41). The Labute approximate surface area is 262 Å². The van der Waals surface area contributed by atoms with E-state index in [1.54, 1.807) is 19.1 Å². The molecule has 1 unspecified atom stereocenters. The van der Waals surface area contributed by atoms with E-state index in [1.165, 1.54) is 0 Å². The molecule has 0 saturated heterocycles. The number of nitrogens with zero attached hydrogens (tertiary/aromatic N) is 4. The molecule has 12 nitrogen and oxygen atoms in total. The topological polar surface area (TPSA) is 137 Å². The summed E-state index contributed by atoms with van der Waals surface area (Å²) in [5, 5.41) is 14.7. The second-order valence-electron chi connectivity index (χ2n) is 11.7. The molecule has 0 fully saturated rings. The lowest BCUT2D eigenvalue weighted by atomic mass is 9.93. The van der Waals surface area contributed by atoms with Crippen molar-refractivity contribution in [2.45, 2.75) is 64.0 Å². The maximum atomic E-state index is 13.8. The van der Waals surface area contributed by atoms with Crippen LogP contribution in [-0.2, 0) is 29.0 Å². The van der Waals surface area contributed by atoms with Crippen LogP contribution >= 0.6 is 0 Å². The molecule has 0 radical (unpaired) electrons. The minimum Gasteiger partial charge on any atom is -0.493 e. The van der Waals surface area contributed by atoms with Crippen LogP contribution in [0.3, 0.4) is 0 Å². The molecule has 4 heterocycles. The number of benzene rings is 2. The van der Waals surface area contributed by atoms with E-state index in [2.05, 4.69) is 20.8 Å². The van der Waals surface area contributed by atoms with Crippen molar-refractivity contribution in [1.29, 1.82) is 0 Å². The van der Waals surface area contributed by atoms with Gasteiger partial charge >= 0.3 is 0 Å². The number of carbonyl (C=O) groups is 3. The maximum absolute atomic E-state index is 13.8. The molecule has 0 spiro atoms. The van der Waals surface area contributed by atoms with E-state index in [0.717, 1.165) is 53.8 Å². The summed E-state index contributed by atoms with van der Waals surface area (Å²) in [7, 11) is 3.19. The van der Waals surface area contributed by atoms with Gasteiger partial charge in [0.2, 0.25) is 17.6 Å². The highest BCUT2D eigenvalue weighted by molar-refractivity contribution is 5.91. The van der Waals surface area contributed by atoms with Crippen LogP contribution in [-0.4, -0.2) is 77.8 Å². The van der Waals surface area contributed by atoms with Crippen molar-refractivity contribution in [3.05, 3.63) is 53.1 Å². The van der Waals surface area contributed by atoms with Gasteiger partial charge in [0.25, 0.3) is 5.91 Å². The molecule has 1 aromatic heterocycles. The first kappa shape index (κ1) is 30.4. The highest BCUT2D eigenvalue weighted by Crippen LogP contribution is 2.42. The Kier molecular flexibility index (Phi) is 9.18. The van der Waals surface area contributed by atoms with E-state index in [-0.39, 0.29) is 62.1 Å². The number of aromatic nitrogens is 3. The normalized spacial score (nSPS) is 19.1. The lowest BCUT2D eigenvalue weighted by Crippen LogP contribution is -2.42. The van der Waals surface area contributed by atoms with Crippen molar-refractivity contribution < 1.29 is 28.6 Å². The maximum Gasteiger partial charge on any atom is 0.291 e. The van der Waals surface area contributed by atoms with Gasteiger partial charge in [0.15, 0.2) is 11.5 Å². The fourth-order valence-corrected chi connectivity index (χ4v) is 6.37. The van der Waals surface area contributed by atoms with Crippen LogP contribution in [0, 0.1) is 0 Å². The number of carbonyl (C=O) groups excluding carboxylic acids is 3. The Morgan fingerprint density at radius 2 is 1.82 bits per heavy atom. The molecule has 0 aliphatic carbocycles. The molecule has 3 aliphatic heterocycles. The van der Waals surface area contributed by atoms with Gasteiger partial charge in [-0.25, -0.2) is 0 Å². The van der Waals surface area contributed by atoms with Gasteiger partial charge in [-0.3, -0.25) is 14.4 Å². The summed E-state index contributed by atoms with van der Waals surface area (Å²) < 4.78 is 19.3. The Balaban J connectivity index is 1.31. The largest absolute Gasteiger partial charge is 0.493 e. The molecule has 6 rings (SSSR count). The molecular formula is C33H40N6O6. The third-order valence-corrected chi connectivity index (χ3v) is 8.78. The van der Waals surface area contributed by atoms with Crippen LogP contribution in [0.1, 0.15) is 72.1 Å².